The first kappa shape index (κ1) is 17.5. The number of aromatic hydroxyl groups is 1. The van der Waals surface area contributed by atoms with Crippen LogP contribution >= 0.6 is 0 Å². The van der Waals surface area contributed by atoms with Crippen LogP contribution < -0.4 is 10.6 Å². The van der Waals surface area contributed by atoms with E-state index in [0.717, 1.165) is 31.4 Å². The number of benzene rings is 1. The van der Waals surface area contributed by atoms with Crippen molar-refractivity contribution in [1.82, 2.24) is 15.1 Å². The van der Waals surface area contributed by atoms with Crippen LogP contribution in [0.25, 0.3) is 11.3 Å². The fraction of sp³-hybridized carbons (Fsp3) is 0.286. The predicted molar refractivity (Wildman–Crippen MR) is 105 cm³/mol. The van der Waals surface area contributed by atoms with Crippen molar-refractivity contribution >= 4 is 17.6 Å². The number of carbonyl (C=O) groups is 2. The molecular formula is C21H20N4O4. The van der Waals surface area contributed by atoms with Crippen LogP contribution in [0, 0.1) is 0 Å². The van der Waals surface area contributed by atoms with Gasteiger partial charge in [0.05, 0.1) is 17.7 Å². The molecule has 2 saturated carbocycles. The van der Waals surface area contributed by atoms with Gasteiger partial charge in [-0.3, -0.25) is 4.79 Å². The third-order valence-electron chi connectivity index (χ3n) is 5.11. The number of anilines is 1. The van der Waals surface area contributed by atoms with Gasteiger partial charge in [-0.1, -0.05) is 0 Å². The molecule has 8 heteroatoms. The Kier molecular flexibility index (Phi) is 4.12. The van der Waals surface area contributed by atoms with Gasteiger partial charge in [-0.05, 0) is 56.0 Å². The zero-order chi connectivity index (χ0) is 20.0. The number of phenols is 1. The van der Waals surface area contributed by atoms with Gasteiger partial charge in [0.1, 0.15) is 5.75 Å². The molecule has 0 bridgehead atoms. The molecule has 148 valence electrons. The summed E-state index contributed by atoms with van der Waals surface area (Å²) in [5.41, 5.74) is 2.33. The Morgan fingerprint density at radius 1 is 1.14 bits per heavy atom. The van der Waals surface area contributed by atoms with Gasteiger partial charge in [0.15, 0.2) is 5.76 Å². The van der Waals surface area contributed by atoms with E-state index in [4.69, 9.17) is 4.42 Å². The van der Waals surface area contributed by atoms with E-state index in [-0.39, 0.29) is 23.6 Å². The molecule has 2 aromatic heterocycles. The lowest BCUT2D eigenvalue weighted by Crippen LogP contribution is -2.32. The zero-order valence-electron chi connectivity index (χ0n) is 15.6. The topological polar surface area (TPSA) is 109 Å². The van der Waals surface area contributed by atoms with Crippen LogP contribution in [0.2, 0.25) is 0 Å². The van der Waals surface area contributed by atoms with Crippen molar-refractivity contribution < 1.29 is 19.1 Å². The number of hydrogen-bond acceptors (Lipinski definition) is 5. The molecule has 2 aliphatic rings. The first-order chi connectivity index (χ1) is 14.1. The summed E-state index contributed by atoms with van der Waals surface area (Å²) in [5, 5.41) is 20.6. The summed E-state index contributed by atoms with van der Waals surface area (Å²) >= 11 is 0. The summed E-state index contributed by atoms with van der Waals surface area (Å²) in [6.45, 7) is 0. The maximum Gasteiger partial charge on any atom is 0.342 e. The fourth-order valence-corrected chi connectivity index (χ4v) is 3.25. The van der Waals surface area contributed by atoms with E-state index in [9.17, 15) is 14.7 Å². The highest BCUT2D eigenvalue weighted by atomic mass is 16.3. The third-order valence-corrected chi connectivity index (χ3v) is 5.11. The zero-order valence-corrected chi connectivity index (χ0v) is 15.6. The first-order valence-electron chi connectivity index (χ1n) is 9.67. The molecule has 2 amide bonds. The molecular weight excluding hydrogens is 372 g/mol. The number of phenolic OH excluding ortho intramolecular Hbond substituents is 1. The fourth-order valence-electron chi connectivity index (χ4n) is 3.25. The van der Waals surface area contributed by atoms with Crippen LogP contribution in [0.1, 0.15) is 47.8 Å². The number of amides is 2. The molecule has 2 aliphatic carbocycles. The highest BCUT2D eigenvalue weighted by Gasteiger charge is 2.32. The standard InChI is InChI=1S/C21H20N4O4/c26-18-10-14(22-20(27)19-2-1-9-29-19)7-8-15(18)16-11-17(12-3-4-12)25(24-16)21(28)23-13-5-6-13/h1-2,7-13,26H,3-6H2,(H,22,27)(H,23,28). The largest absolute Gasteiger partial charge is 0.507 e. The molecule has 5 rings (SSSR count). The molecule has 2 fully saturated rings. The molecule has 2 heterocycles. The lowest BCUT2D eigenvalue weighted by Gasteiger charge is -2.07. The molecule has 0 unspecified atom stereocenters. The van der Waals surface area contributed by atoms with Crippen molar-refractivity contribution in [2.45, 2.75) is 37.6 Å². The first-order valence-corrected chi connectivity index (χ1v) is 9.67. The van der Waals surface area contributed by atoms with E-state index in [1.807, 2.05) is 6.07 Å². The van der Waals surface area contributed by atoms with Crippen LogP contribution in [0.15, 0.2) is 47.1 Å². The smallest absolute Gasteiger partial charge is 0.342 e. The number of hydrogen-bond donors (Lipinski definition) is 3. The van der Waals surface area contributed by atoms with Gasteiger partial charge < -0.3 is 20.2 Å². The van der Waals surface area contributed by atoms with Crippen molar-refractivity contribution in [2.75, 3.05) is 5.32 Å². The summed E-state index contributed by atoms with van der Waals surface area (Å²) in [5.74, 6) is 0.0781. The van der Waals surface area contributed by atoms with Crippen molar-refractivity contribution in [3.05, 3.63) is 54.1 Å². The van der Waals surface area contributed by atoms with Gasteiger partial charge in [-0.2, -0.15) is 9.78 Å². The van der Waals surface area contributed by atoms with Gasteiger partial charge in [0, 0.05) is 29.3 Å². The summed E-state index contributed by atoms with van der Waals surface area (Å²) in [6.07, 6.45) is 5.50. The van der Waals surface area contributed by atoms with Crippen molar-refractivity contribution in [3.63, 3.8) is 0 Å². The second-order valence-corrected chi connectivity index (χ2v) is 7.53. The maximum absolute atomic E-state index is 12.5. The Hall–Kier alpha value is -3.55. The Bertz CT molecular complexity index is 1080. The van der Waals surface area contributed by atoms with Crippen molar-refractivity contribution in [1.29, 1.82) is 0 Å². The highest BCUT2D eigenvalue weighted by Crippen LogP contribution is 2.42. The molecule has 0 spiro atoms. The third kappa shape index (κ3) is 3.61. The second-order valence-electron chi connectivity index (χ2n) is 7.53. The molecule has 0 atom stereocenters. The Morgan fingerprint density at radius 3 is 2.62 bits per heavy atom. The van der Waals surface area contributed by atoms with E-state index in [2.05, 4.69) is 15.7 Å². The molecule has 3 aromatic rings. The van der Waals surface area contributed by atoms with Gasteiger partial charge in [0.25, 0.3) is 5.91 Å². The Balaban J connectivity index is 1.40. The summed E-state index contributed by atoms with van der Waals surface area (Å²) in [6, 6.07) is 9.88. The number of nitrogens with one attached hydrogen (secondary N) is 2. The lowest BCUT2D eigenvalue weighted by molar-refractivity contribution is 0.0996. The van der Waals surface area contributed by atoms with Gasteiger partial charge in [-0.25, -0.2) is 4.79 Å². The van der Waals surface area contributed by atoms with Crippen molar-refractivity contribution in [2.24, 2.45) is 0 Å². The molecule has 3 N–H and O–H groups in total. The quantitative estimate of drug-likeness (QED) is 0.613. The minimum absolute atomic E-state index is 0.0307. The van der Waals surface area contributed by atoms with Crippen LogP contribution in [0.3, 0.4) is 0 Å². The SMILES string of the molecule is O=C(Nc1ccc(-c2cc(C3CC3)n(C(=O)NC3CC3)n2)c(O)c1)c1ccco1. The Labute approximate surface area is 166 Å². The van der Waals surface area contributed by atoms with Crippen LogP contribution in [0.5, 0.6) is 5.75 Å². The number of furan rings is 1. The van der Waals surface area contributed by atoms with Crippen molar-refractivity contribution in [3.8, 4) is 17.0 Å². The number of rotatable bonds is 5. The lowest BCUT2D eigenvalue weighted by atomic mass is 10.1. The van der Waals surface area contributed by atoms with Crippen LogP contribution in [0.4, 0.5) is 10.5 Å². The van der Waals surface area contributed by atoms with E-state index in [1.165, 1.54) is 17.0 Å². The molecule has 1 aromatic carbocycles. The monoisotopic (exact) mass is 392 g/mol. The molecule has 29 heavy (non-hydrogen) atoms. The van der Waals surface area contributed by atoms with Gasteiger partial charge >= 0.3 is 6.03 Å². The van der Waals surface area contributed by atoms with Crippen LogP contribution in [-0.4, -0.2) is 32.9 Å². The number of aromatic nitrogens is 2. The van der Waals surface area contributed by atoms with E-state index in [1.54, 1.807) is 24.3 Å². The Morgan fingerprint density at radius 2 is 1.97 bits per heavy atom. The van der Waals surface area contributed by atoms with Gasteiger partial charge in [-0.15, -0.1) is 0 Å². The van der Waals surface area contributed by atoms with Gasteiger partial charge in [0.2, 0.25) is 0 Å². The number of carbonyl (C=O) groups excluding carboxylic acids is 2. The predicted octanol–water partition coefficient (Wildman–Crippen LogP) is 3.70. The normalized spacial score (nSPS) is 15.9. The average molecular weight is 392 g/mol. The summed E-state index contributed by atoms with van der Waals surface area (Å²) < 4.78 is 6.49. The highest BCUT2D eigenvalue weighted by molar-refractivity contribution is 6.02. The molecule has 0 aliphatic heterocycles. The minimum atomic E-state index is -0.404. The molecule has 0 radical (unpaired) electrons. The van der Waals surface area contributed by atoms with E-state index < -0.39 is 5.91 Å². The maximum atomic E-state index is 12.5. The minimum Gasteiger partial charge on any atom is -0.507 e. The molecule has 0 saturated heterocycles. The average Bonchev–Trinajstić information content (AvgIpc) is 3.61. The van der Waals surface area contributed by atoms with E-state index in [0.29, 0.717) is 22.9 Å². The van der Waals surface area contributed by atoms with E-state index >= 15 is 0 Å². The second kappa shape index (κ2) is 6.80. The summed E-state index contributed by atoms with van der Waals surface area (Å²) in [7, 11) is 0. The van der Waals surface area contributed by atoms with Crippen LogP contribution in [-0.2, 0) is 0 Å². The number of nitrogens with zero attached hydrogens (tertiary/aromatic N) is 2. The molecule has 8 nitrogen and oxygen atoms in total. The summed E-state index contributed by atoms with van der Waals surface area (Å²) in [4.78, 5) is 24.6.